The second-order valence-electron chi connectivity index (χ2n) is 4.87. The highest BCUT2D eigenvalue weighted by Gasteiger charge is 2.17. The van der Waals surface area contributed by atoms with Crippen LogP contribution in [0.3, 0.4) is 0 Å². The standard InChI is InChI=1S/C16H21N3O.ClH/c1-13-11-18-12-15(13)16(20)19(10-8-17)9-7-14-5-3-2-4-6-14;/h2-6,11-12,18H,7-10,17H2,1H3;1H. The molecular weight excluding hydrogens is 286 g/mol. The molecule has 0 spiro atoms. The number of amides is 1. The molecule has 1 aromatic carbocycles. The molecule has 0 saturated carbocycles. The van der Waals surface area contributed by atoms with Gasteiger partial charge in [0.15, 0.2) is 0 Å². The third-order valence-electron chi connectivity index (χ3n) is 3.38. The quantitative estimate of drug-likeness (QED) is 0.861. The molecule has 1 aromatic heterocycles. The van der Waals surface area contributed by atoms with Gasteiger partial charge in [-0.05, 0) is 24.5 Å². The number of halogens is 1. The van der Waals surface area contributed by atoms with Crippen molar-refractivity contribution in [3.63, 3.8) is 0 Å². The average molecular weight is 308 g/mol. The first-order valence-corrected chi connectivity index (χ1v) is 6.89. The van der Waals surface area contributed by atoms with Crippen molar-refractivity contribution in [1.82, 2.24) is 9.88 Å². The Morgan fingerprint density at radius 2 is 1.90 bits per heavy atom. The Morgan fingerprint density at radius 3 is 2.48 bits per heavy atom. The molecule has 0 saturated heterocycles. The lowest BCUT2D eigenvalue weighted by Crippen LogP contribution is -2.37. The minimum absolute atomic E-state index is 0. The predicted octanol–water partition coefficient (Wildman–Crippen LogP) is 2.39. The zero-order valence-electron chi connectivity index (χ0n) is 12.2. The van der Waals surface area contributed by atoms with Gasteiger partial charge in [-0.2, -0.15) is 0 Å². The zero-order chi connectivity index (χ0) is 14.4. The molecule has 0 bridgehead atoms. The zero-order valence-corrected chi connectivity index (χ0v) is 13.0. The number of nitrogens with two attached hydrogens (primary N) is 1. The molecule has 3 N–H and O–H groups in total. The lowest BCUT2D eigenvalue weighted by molar-refractivity contribution is 0.0761. The number of hydrogen-bond donors (Lipinski definition) is 2. The van der Waals surface area contributed by atoms with Gasteiger partial charge in [0.1, 0.15) is 0 Å². The van der Waals surface area contributed by atoms with E-state index in [2.05, 4.69) is 17.1 Å². The topological polar surface area (TPSA) is 62.1 Å². The molecule has 5 heteroatoms. The largest absolute Gasteiger partial charge is 0.367 e. The van der Waals surface area contributed by atoms with E-state index in [-0.39, 0.29) is 18.3 Å². The van der Waals surface area contributed by atoms with Crippen LogP contribution in [0.2, 0.25) is 0 Å². The number of hydrogen-bond acceptors (Lipinski definition) is 2. The Kier molecular flexibility index (Phi) is 6.99. The summed E-state index contributed by atoms with van der Waals surface area (Å²) >= 11 is 0. The van der Waals surface area contributed by atoms with Crippen molar-refractivity contribution in [2.24, 2.45) is 5.73 Å². The molecule has 4 nitrogen and oxygen atoms in total. The molecule has 0 radical (unpaired) electrons. The number of aromatic amines is 1. The number of aromatic nitrogens is 1. The Morgan fingerprint density at radius 1 is 1.19 bits per heavy atom. The highest BCUT2D eigenvalue weighted by atomic mass is 35.5. The van der Waals surface area contributed by atoms with Gasteiger partial charge in [0.05, 0.1) is 5.56 Å². The number of carbonyl (C=O) groups is 1. The summed E-state index contributed by atoms with van der Waals surface area (Å²) in [4.78, 5) is 17.3. The normalized spacial score (nSPS) is 10.0. The molecule has 114 valence electrons. The van der Waals surface area contributed by atoms with Crippen LogP contribution >= 0.6 is 12.4 Å². The molecule has 21 heavy (non-hydrogen) atoms. The Hall–Kier alpha value is -1.78. The fourth-order valence-corrected chi connectivity index (χ4v) is 2.22. The van der Waals surface area contributed by atoms with Crippen molar-refractivity contribution in [1.29, 1.82) is 0 Å². The van der Waals surface area contributed by atoms with Crippen molar-refractivity contribution >= 4 is 18.3 Å². The van der Waals surface area contributed by atoms with Gasteiger partial charge in [-0.1, -0.05) is 30.3 Å². The van der Waals surface area contributed by atoms with E-state index in [9.17, 15) is 4.79 Å². The lowest BCUT2D eigenvalue weighted by atomic mass is 10.1. The fraction of sp³-hybridized carbons (Fsp3) is 0.312. The summed E-state index contributed by atoms with van der Waals surface area (Å²) in [6.07, 6.45) is 4.44. The van der Waals surface area contributed by atoms with E-state index >= 15 is 0 Å². The maximum absolute atomic E-state index is 12.5. The van der Waals surface area contributed by atoms with Crippen molar-refractivity contribution in [3.05, 3.63) is 59.4 Å². The molecule has 1 amide bonds. The summed E-state index contributed by atoms with van der Waals surface area (Å²) in [6.45, 7) is 3.67. The smallest absolute Gasteiger partial charge is 0.255 e. The van der Waals surface area contributed by atoms with E-state index in [1.165, 1.54) is 5.56 Å². The molecule has 0 fully saturated rings. The van der Waals surface area contributed by atoms with Gasteiger partial charge in [0.25, 0.3) is 5.91 Å². The van der Waals surface area contributed by atoms with E-state index in [0.717, 1.165) is 17.5 Å². The van der Waals surface area contributed by atoms with Crippen LogP contribution in [0.25, 0.3) is 0 Å². The Bertz CT molecular complexity index is 554. The van der Waals surface area contributed by atoms with Gasteiger partial charge in [0, 0.05) is 32.0 Å². The molecule has 0 atom stereocenters. The number of nitrogens with one attached hydrogen (secondary N) is 1. The maximum Gasteiger partial charge on any atom is 0.255 e. The van der Waals surface area contributed by atoms with E-state index in [4.69, 9.17) is 5.73 Å². The third kappa shape index (κ3) is 4.62. The van der Waals surface area contributed by atoms with Crippen LogP contribution in [0.1, 0.15) is 21.5 Å². The van der Waals surface area contributed by atoms with Crippen LogP contribution in [0.15, 0.2) is 42.7 Å². The predicted molar refractivity (Wildman–Crippen MR) is 87.9 cm³/mol. The average Bonchev–Trinajstić information content (AvgIpc) is 2.90. The first kappa shape index (κ1) is 17.3. The summed E-state index contributed by atoms with van der Waals surface area (Å²) in [6, 6.07) is 10.2. The number of carbonyl (C=O) groups excluding carboxylic acids is 1. The second kappa shape index (κ2) is 8.49. The van der Waals surface area contributed by atoms with Gasteiger partial charge in [-0.15, -0.1) is 12.4 Å². The first-order valence-electron chi connectivity index (χ1n) is 6.89. The van der Waals surface area contributed by atoms with Crippen LogP contribution in [-0.2, 0) is 6.42 Å². The summed E-state index contributed by atoms with van der Waals surface area (Å²) in [5.41, 5.74) is 8.55. The van der Waals surface area contributed by atoms with Gasteiger partial charge in [-0.25, -0.2) is 0 Å². The van der Waals surface area contributed by atoms with Crippen LogP contribution in [0, 0.1) is 6.92 Å². The lowest BCUT2D eigenvalue weighted by Gasteiger charge is -2.22. The van der Waals surface area contributed by atoms with Crippen molar-refractivity contribution in [3.8, 4) is 0 Å². The summed E-state index contributed by atoms with van der Waals surface area (Å²) < 4.78 is 0. The van der Waals surface area contributed by atoms with Gasteiger partial charge in [-0.3, -0.25) is 4.79 Å². The van der Waals surface area contributed by atoms with Crippen LogP contribution in [0.4, 0.5) is 0 Å². The fourth-order valence-electron chi connectivity index (χ4n) is 2.22. The first-order chi connectivity index (χ1) is 9.72. The van der Waals surface area contributed by atoms with Crippen LogP contribution in [-0.4, -0.2) is 35.4 Å². The molecule has 1 heterocycles. The molecule has 2 aromatic rings. The van der Waals surface area contributed by atoms with E-state index in [0.29, 0.717) is 19.6 Å². The van der Waals surface area contributed by atoms with E-state index in [1.807, 2.05) is 36.2 Å². The summed E-state index contributed by atoms with van der Waals surface area (Å²) in [7, 11) is 0. The Labute approximate surface area is 131 Å². The summed E-state index contributed by atoms with van der Waals surface area (Å²) in [5.74, 6) is 0.0464. The highest BCUT2D eigenvalue weighted by Crippen LogP contribution is 2.11. The molecule has 0 aliphatic carbocycles. The van der Waals surface area contributed by atoms with Gasteiger partial charge < -0.3 is 15.6 Å². The van der Waals surface area contributed by atoms with Crippen molar-refractivity contribution < 1.29 is 4.79 Å². The van der Waals surface area contributed by atoms with E-state index in [1.54, 1.807) is 6.20 Å². The SMILES string of the molecule is Cc1c[nH]cc1C(=O)N(CCN)CCc1ccccc1.Cl. The monoisotopic (exact) mass is 307 g/mol. The number of H-pyrrole nitrogens is 1. The van der Waals surface area contributed by atoms with Crippen molar-refractivity contribution in [2.75, 3.05) is 19.6 Å². The minimum atomic E-state index is 0. The van der Waals surface area contributed by atoms with Gasteiger partial charge >= 0.3 is 0 Å². The molecular formula is C16H22ClN3O. The number of rotatable bonds is 6. The second-order valence-corrected chi connectivity index (χ2v) is 4.87. The Balaban J connectivity index is 0.00000220. The highest BCUT2D eigenvalue weighted by molar-refractivity contribution is 5.95. The van der Waals surface area contributed by atoms with Crippen molar-refractivity contribution in [2.45, 2.75) is 13.3 Å². The molecule has 0 unspecified atom stereocenters. The number of benzene rings is 1. The summed E-state index contributed by atoms with van der Waals surface area (Å²) in [5, 5.41) is 0. The number of nitrogens with zero attached hydrogens (tertiary/aromatic N) is 1. The van der Waals surface area contributed by atoms with Gasteiger partial charge in [0.2, 0.25) is 0 Å². The number of aryl methyl sites for hydroxylation is 1. The third-order valence-corrected chi connectivity index (χ3v) is 3.38. The van der Waals surface area contributed by atoms with Crippen LogP contribution in [0.5, 0.6) is 0 Å². The molecule has 0 aliphatic heterocycles. The minimum Gasteiger partial charge on any atom is -0.367 e. The van der Waals surface area contributed by atoms with E-state index < -0.39 is 0 Å². The molecule has 0 aliphatic rings. The maximum atomic E-state index is 12.5. The molecule has 2 rings (SSSR count). The van der Waals surface area contributed by atoms with Crippen LogP contribution < -0.4 is 5.73 Å².